The number of hydrogen-bond acceptors (Lipinski definition) is 2. The molecule has 3 aliphatic carbocycles. The van der Waals surface area contributed by atoms with Crippen LogP contribution in [-0.2, 0) is 0 Å². The Hall–Kier alpha value is -0.930. The number of hydrogen-bond donors (Lipinski definition) is 2. The van der Waals surface area contributed by atoms with Crippen molar-refractivity contribution in [3.8, 4) is 0 Å². The van der Waals surface area contributed by atoms with Crippen LogP contribution < -0.4 is 11.1 Å². The third kappa shape index (κ3) is 1.76. The molecule has 1 aromatic rings. The van der Waals surface area contributed by atoms with Gasteiger partial charge in [-0.25, -0.2) is 0 Å². The van der Waals surface area contributed by atoms with Crippen LogP contribution in [0.3, 0.4) is 0 Å². The zero-order valence-corrected chi connectivity index (χ0v) is 12.4. The van der Waals surface area contributed by atoms with Crippen LogP contribution in [0, 0.1) is 23.7 Å². The summed E-state index contributed by atoms with van der Waals surface area (Å²) in [5.41, 5.74) is 6.58. The maximum atomic E-state index is 12.4. The third-order valence-corrected chi connectivity index (χ3v) is 6.13. The van der Waals surface area contributed by atoms with Gasteiger partial charge in [0.1, 0.15) is 0 Å². The number of nitrogens with one attached hydrogen (secondary N) is 1. The van der Waals surface area contributed by atoms with Gasteiger partial charge in [-0.1, -0.05) is 23.2 Å². The van der Waals surface area contributed by atoms with E-state index in [0.717, 1.165) is 11.8 Å². The maximum absolute atomic E-state index is 12.4. The second-order valence-electron chi connectivity index (χ2n) is 6.35. The summed E-state index contributed by atoms with van der Waals surface area (Å²) in [6, 6.07) is 3.49. The largest absolute Gasteiger partial charge is 0.399 e. The molecule has 0 aliphatic heterocycles. The van der Waals surface area contributed by atoms with Crippen molar-refractivity contribution in [3.63, 3.8) is 0 Å². The molecule has 2 bridgehead atoms. The minimum atomic E-state index is -0.150. The first kappa shape index (κ1) is 12.8. The molecule has 4 atom stereocenters. The number of nitrogens with two attached hydrogens (primary N) is 1. The maximum Gasteiger partial charge on any atom is 0.253 e. The summed E-state index contributed by atoms with van der Waals surface area (Å²) in [5.74, 6) is 2.91. The number of carbonyl (C=O) groups is 1. The molecular weight excluding hydrogens is 295 g/mol. The van der Waals surface area contributed by atoms with Crippen LogP contribution in [0.25, 0.3) is 0 Å². The molecule has 0 radical (unpaired) electrons. The topological polar surface area (TPSA) is 55.1 Å². The van der Waals surface area contributed by atoms with Gasteiger partial charge in [0.05, 0.1) is 15.6 Å². The van der Waals surface area contributed by atoms with Gasteiger partial charge in [0.25, 0.3) is 5.91 Å². The van der Waals surface area contributed by atoms with Crippen LogP contribution in [0.4, 0.5) is 5.69 Å². The molecule has 3 nitrogen and oxygen atoms in total. The van der Waals surface area contributed by atoms with E-state index in [1.54, 1.807) is 12.1 Å². The molecule has 3 saturated carbocycles. The number of amides is 1. The lowest BCUT2D eigenvalue weighted by atomic mass is 10.0. The Balaban J connectivity index is 1.52. The van der Waals surface area contributed by atoms with Crippen LogP contribution in [0.5, 0.6) is 0 Å². The molecule has 20 heavy (non-hydrogen) atoms. The Morgan fingerprint density at radius 3 is 2.50 bits per heavy atom. The predicted octanol–water partition coefficient (Wildman–Crippen LogP) is 3.35. The highest BCUT2D eigenvalue weighted by molar-refractivity contribution is 6.44. The summed E-state index contributed by atoms with van der Waals surface area (Å²) < 4.78 is 0. The van der Waals surface area contributed by atoms with Crippen molar-refractivity contribution in [3.05, 3.63) is 27.7 Å². The summed E-state index contributed by atoms with van der Waals surface area (Å²) in [4.78, 5) is 12.4. The van der Waals surface area contributed by atoms with Crippen molar-refractivity contribution in [1.29, 1.82) is 0 Å². The Morgan fingerprint density at radius 1 is 1.20 bits per heavy atom. The predicted molar refractivity (Wildman–Crippen MR) is 79.9 cm³/mol. The van der Waals surface area contributed by atoms with Crippen molar-refractivity contribution in [2.45, 2.75) is 25.3 Å². The van der Waals surface area contributed by atoms with Gasteiger partial charge >= 0.3 is 0 Å². The number of fused-ring (bicyclic) bond motifs is 5. The van der Waals surface area contributed by atoms with Crippen LogP contribution in [0.2, 0.25) is 10.0 Å². The van der Waals surface area contributed by atoms with Gasteiger partial charge in [-0.05, 0) is 55.1 Å². The van der Waals surface area contributed by atoms with E-state index in [2.05, 4.69) is 5.32 Å². The SMILES string of the molecule is Nc1cc(Cl)c(Cl)c(C(=O)NC2C3C4CCC(C4)C23)c1. The zero-order chi connectivity index (χ0) is 14.0. The highest BCUT2D eigenvalue weighted by Gasteiger charge is 2.65. The number of carbonyl (C=O) groups excluding carboxylic acids is 1. The Bertz CT molecular complexity index is 588. The molecule has 5 heteroatoms. The van der Waals surface area contributed by atoms with Crippen molar-refractivity contribution in [1.82, 2.24) is 5.32 Å². The van der Waals surface area contributed by atoms with Crippen LogP contribution >= 0.6 is 23.2 Å². The summed E-state index contributed by atoms with van der Waals surface area (Å²) in [5, 5.41) is 3.74. The number of rotatable bonds is 2. The third-order valence-electron chi connectivity index (χ3n) is 5.33. The quantitative estimate of drug-likeness (QED) is 0.823. The number of benzene rings is 1. The van der Waals surface area contributed by atoms with Crippen LogP contribution in [0.1, 0.15) is 29.6 Å². The van der Waals surface area contributed by atoms with Crippen molar-refractivity contribution in [2.24, 2.45) is 23.7 Å². The highest BCUT2D eigenvalue weighted by Crippen LogP contribution is 2.65. The van der Waals surface area contributed by atoms with Gasteiger partial charge in [0.2, 0.25) is 0 Å². The average molecular weight is 311 g/mol. The fraction of sp³-hybridized carbons (Fsp3) is 0.533. The standard InChI is InChI=1S/C15H16Cl2N2O/c16-10-5-8(18)4-9(13(10)17)15(20)19-14-11-6-1-2-7(3-6)12(11)14/h4-7,11-12,14H,1-3,18H2,(H,19,20). The number of anilines is 1. The molecule has 0 heterocycles. The minimum absolute atomic E-state index is 0.150. The Morgan fingerprint density at radius 2 is 1.85 bits per heavy atom. The van der Waals surface area contributed by atoms with Crippen molar-refractivity contribution in [2.75, 3.05) is 5.73 Å². The molecule has 0 saturated heterocycles. The molecule has 106 valence electrons. The summed E-state index contributed by atoms with van der Waals surface area (Å²) >= 11 is 12.1. The lowest BCUT2D eigenvalue weighted by Crippen LogP contribution is -2.30. The van der Waals surface area contributed by atoms with Gasteiger partial charge in [0, 0.05) is 11.7 Å². The van der Waals surface area contributed by atoms with Gasteiger partial charge < -0.3 is 11.1 Å². The van der Waals surface area contributed by atoms with Gasteiger partial charge in [-0.2, -0.15) is 0 Å². The van der Waals surface area contributed by atoms with Gasteiger partial charge in [-0.15, -0.1) is 0 Å². The second kappa shape index (κ2) is 4.28. The number of nitrogen functional groups attached to an aromatic ring is 1. The van der Waals surface area contributed by atoms with Crippen LogP contribution in [-0.4, -0.2) is 11.9 Å². The van der Waals surface area contributed by atoms with E-state index in [0.29, 0.717) is 34.2 Å². The second-order valence-corrected chi connectivity index (χ2v) is 7.14. The summed E-state index contributed by atoms with van der Waals surface area (Å²) in [6.07, 6.45) is 4.04. The molecule has 1 amide bonds. The molecular formula is C15H16Cl2N2O. The lowest BCUT2D eigenvalue weighted by Gasteiger charge is -2.12. The molecule has 4 unspecified atom stereocenters. The molecule has 3 N–H and O–H groups in total. The molecule has 3 fully saturated rings. The average Bonchev–Trinajstić information content (AvgIpc) is 2.81. The normalized spacial score (nSPS) is 36.8. The van der Waals surface area contributed by atoms with E-state index >= 15 is 0 Å². The molecule has 3 aliphatic rings. The fourth-order valence-corrected chi connectivity index (χ4v) is 4.95. The Labute approximate surface area is 127 Å². The first-order valence-corrected chi connectivity index (χ1v) is 7.87. The molecule has 0 spiro atoms. The van der Waals surface area contributed by atoms with Crippen molar-refractivity contribution < 1.29 is 4.79 Å². The van der Waals surface area contributed by atoms with E-state index in [9.17, 15) is 4.79 Å². The van der Waals surface area contributed by atoms with E-state index in [1.807, 2.05) is 0 Å². The Kier molecular flexibility index (Phi) is 2.74. The molecule has 1 aromatic carbocycles. The van der Waals surface area contributed by atoms with E-state index in [1.165, 1.54) is 19.3 Å². The fourth-order valence-electron chi connectivity index (χ4n) is 4.52. The monoisotopic (exact) mass is 310 g/mol. The van der Waals surface area contributed by atoms with Crippen molar-refractivity contribution >= 4 is 34.8 Å². The van der Waals surface area contributed by atoms with Gasteiger partial charge in [0.15, 0.2) is 0 Å². The molecule has 4 rings (SSSR count). The van der Waals surface area contributed by atoms with E-state index in [-0.39, 0.29) is 10.9 Å². The highest BCUT2D eigenvalue weighted by atomic mass is 35.5. The van der Waals surface area contributed by atoms with E-state index < -0.39 is 0 Å². The zero-order valence-electron chi connectivity index (χ0n) is 10.9. The smallest absolute Gasteiger partial charge is 0.253 e. The van der Waals surface area contributed by atoms with E-state index in [4.69, 9.17) is 28.9 Å². The summed E-state index contributed by atoms with van der Waals surface area (Å²) in [7, 11) is 0. The van der Waals surface area contributed by atoms with Gasteiger partial charge in [-0.3, -0.25) is 4.79 Å². The van der Waals surface area contributed by atoms with Crippen LogP contribution in [0.15, 0.2) is 12.1 Å². The lowest BCUT2D eigenvalue weighted by molar-refractivity contribution is 0.0944. The summed E-state index contributed by atoms with van der Waals surface area (Å²) in [6.45, 7) is 0. The first-order chi connectivity index (χ1) is 9.56. The molecule has 0 aromatic heterocycles. The minimum Gasteiger partial charge on any atom is -0.399 e. The first-order valence-electron chi connectivity index (χ1n) is 7.11. The number of halogens is 2.